The molecule has 0 aliphatic heterocycles. The first-order valence-corrected chi connectivity index (χ1v) is 15.1. The molecule has 1 unspecified atom stereocenters. The van der Waals surface area contributed by atoms with Crippen LogP contribution in [0.2, 0.25) is 5.02 Å². The maximum absolute atomic E-state index is 13.5. The highest BCUT2D eigenvalue weighted by atomic mass is 35.5. The monoisotopic (exact) mass is 547 g/mol. The number of halogens is 1. The average Bonchev–Trinajstić information content (AvgIpc) is 3.32. The zero-order valence-electron chi connectivity index (χ0n) is 22.2. The van der Waals surface area contributed by atoms with E-state index in [4.69, 9.17) is 11.6 Å². The van der Waals surface area contributed by atoms with Gasteiger partial charge in [-0.15, -0.1) is 0 Å². The minimum atomic E-state index is -3.54. The predicted octanol–water partition coefficient (Wildman–Crippen LogP) is 4.98. The highest BCUT2D eigenvalue weighted by Gasteiger charge is 2.29. The molecule has 7 nitrogen and oxygen atoms in total. The molecule has 0 bridgehead atoms. The largest absolute Gasteiger partial charge is 0.352 e. The first-order valence-electron chi connectivity index (χ1n) is 12.8. The van der Waals surface area contributed by atoms with Crippen LogP contribution in [0.5, 0.6) is 0 Å². The second-order valence-corrected chi connectivity index (χ2v) is 12.4. The third-order valence-corrected chi connectivity index (χ3v) is 8.38. The van der Waals surface area contributed by atoms with Gasteiger partial charge in [0.15, 0.2) is 0 Å². The number of nitrogens with one attached hydrogen (secondary N) is 1. The molecule has 2 amide bonds. The van der Waals surface area contributed by atoms with E-state index in [-0.39, 0.29) is 37.4 Å². The summed E-state index contributed by atoms with van der Waals surface area (Å²) >= 11 is 6.37. The van der Waals surface area contributed by atoms with E-state index in [9.17, 15) is 18.0 Å². The molecule has 37 heavy (non-hydrogen) atoms. The Morgan fingerprint density at radius 3 is 2.30 bits per heavy atom. The standard InChI is InChI=1S/C28H38ClN3O4S/c1-20-16-21(2)18-25(17-20)32(37(4,35)36)15-9-14-27(33)31(19-23-10-5-8-13-26(23)29)22(3)28(34)30-24-11-6-7-12-24/h5,8,10,13,16-18,22,24H,6-7,9,11-12,14-15,19H2,1-4H3,(H,30,34). The summed E-state index contributed by atoms with van der Waals surface area (Å²) in [5.74, 6) is -0.400. The van der Waals surface area contributed by atoms with Crippen molar-refractivity contribution in [1.29, 1.82) is 0 Å². The first kappa shape index (κ1) is 29.0. The third-order valence-electron chi connectivity index (χ3n) is 6.81. The fourth-order valence-electron chi connectivity index (χ4n) is 4.88. The highest BCUT2D eigenvalue weighted by molar-refractivity contribution is 7.92. The number of hydrogen-bond donors (Lipinski definition) is 1. The van der Waals surface area contributed by atoms with Gasteiger partial charge < -0.3 is 10.2 Å². The van der Waals surface area contributed by atoms with Gasteiger partial charge in [-0.1, -0.05) is 48.7 Å². The lowest BCUT2D eigenvalue weighted by atomic mass is 10.1. The molecule has 1 fully saturated rings. The van der Waals surface area contributed by atoms with Crippen molar-refractivity contribution < 1.29 is 18.0 Å². The fourth-order valence-corrected chi connectivity index (χ4v) is 6.03. The quantitative estimate of drug-likeness (QED) is 0.430. The molecule has 0 radical (unpaired) electrons. The molecule has 1 atom stereocenters. The summed E-state index contributed by atoms with van der Waals surface area (Å²) in [4.78, 5) is 28.1. The molecule has 1 aliphatic rings. The van der Waals surface area contributed by atoms with E-state index in [1.54, 1.807) is 17.9 Å². The van der Waals surface area contributed by atoms with E-state index in [0.29, 0.717) is 17.1 Å². The van der Waals surface area contributed by atoms with E-state index >= 15 is 0 Å². The maximum atomic E-state index is 13.5. The van der Waals surface area contributed by atoms with Crippen molar-refractivity contribution >= 4 is 39.1 Å². The van der Waals surface area contributed by atoms with Crippen LogP contribution in [0.4, 0.5) is 5.69 Å². The van der Waals surface area contributed by atoms with Crippen LogP contribution in [0.25, 0.3) is 0 Å². The number of aryl methyl sites for hydroxylation is 2. The number of benzene rings is 2. The van der Waals surface area contributed by atoms with Gasteiger partial charge in [0.2, 0.25) is 21.8 Å². The molecule has 9 heteroatoms. The molecule has 0 saturated heterocycles. The molecule has 1 aliphatic carbocycles. The van der Waals surface area contributed by atoms with Crippen LogP contribution in [0.3, 0.4) is 0 Å². The van der Waals surface area contributed by atoms with Crippen LogP contribution in [0, 0.1) is 13.8 Å². The lowest BCUT2D eigenvalue weighted by molar-refractivity contribution is -0.140. The molecule has 202 valence electrons. The summed E-state index contributed by atoms with van der Waals surface area (Å²) in [6, 6.07) is 12.4. The number of carbonyl (C=O) groups excluding carboxylic acids is 2. The van der Waals surface area contributed by atoms with Gasteiger partial charge in [-0.2, -0.15) is 0 Å². The molecule has 1 N–H and O–H groups in total. The number of hydrogen-bond acceptors (Lipinski definition) is 4. The van der Waals surface area contributed by atoms with Gasteiger partial charge in [-0.05, 0) is 74.9 Å². The number of sulfonamides is 1. The fraction of sp³-hybridized carbons (Fsp3) is 0.500. The molecular formula is C28H38ClN3O4S. The Balaban J connectivity index is 1.74. The van der Waals surface area contributed by atoms with Crippen molar-refractivity contribution in [2.45, 2.75) is 77.9 Å². The molecule has 0 heterocycles. The Bertz CT molecular complexity index is 1190. The molecule has 0 spiro atoms. The van der Waals surface area contributed by atoms with Gasteiger partial charge in [-0.25, -0.2) is 8.42 Å². The van der Waals surface area contributed by atoms with Crippen molar-refractivity contribution in [3.05, 3.63) is 64.2 Å². The zero-order valence-corrected chi connectivity index (χ0v) is 23.7. The first-order chi connectivity index (χ1) is 17.5. The normalized spacial score (nSPS) is 14.8. The number of rotatable bonds is 11. The second-order valence-electron chi connectivity index (χ2n) is 10.1. The summed E-state index contributed by atoms with van der Waals surface area (Å²) in [6.07, 6.45) is 5.69. The Morgan fingerprint density at radius 1 is 1.08 bits per heavy atom. The van der Waals surface area contributed by atoms with Crippen LogP contribution in [-0.2, 0) is 26.2 Å². The lowest BCUT2D eigenvalue weighted by Crippen LogP contribution is -2.49. The second kappa shape index (κ2) is 12.8. The van der Waals surface area contributed by atoms with E-state index in [0.717, 1.165) is 42.4 Å². The molecule has 2 aromatic rings. The Morgan fingerprint density at radius 2 is 1.70 bits per heavy atom. The van der Waals surface area contributed by atoms with Gasteiger partial charge in [0, 0.05) is 30.6 Å². The van der Waals surface area contributed by atoms with E-state index in [1.807, 2.05) is 50.2 Å². The van der Waals surface area contributed by atoms with Gasteiger partial charge in [0.25, 0.3) is 0 Å². The third kappa shape index (κ3) is 8.20. The van der Waals surface area contributed by atoms with Gasteiger partial charge in [0.1, 0.15) is 6.04 Å². The van der Waals surface area contributed by atoms with Crippen molar-refractivity contribution in [3.63, 3.8) is 0 Å². The molecule has 2 aromatic carbocycles. The van der Waals surface area contributed by atoms with Crippen LogP contribution in [0.15, 0.2) is 42.5 Å². The molecule has 1 saturated carbocycles. The Labute approximate surface area is 226 Å². The lowest BCUT2D eigenvalue weighted by Gasteiger charge is -2.30. The number of nitrogens with zero attached hydrogens (tertiary/aromatic N) is 2. The SMILES string of the molecule is Cc1cc(C)cc(N(CCCC(=O)N(Cc2ccccc2Cl)C(C)C(=O)NC2CCCC2)S(C)(=O)=O)c1. The van der Waals surface area contributed by atoms with Crippen LogP contribution in [0.1, 0.15) is 62.1 Å². The average molecular weight is 548 g/mol. The molecule has 3 rings (SSSR count). The maximum Gasteiger partial charge on any atom is 0.242 e. The van der Waals surface area contributed by atoms with Gasteiger partial charge in [-0.3, -0.25) is 13.9 Å². The molecule has 0 aromatic heterocycles. The minimum Gasteiger partial charge on any atom is -0.352 e. The Kier molecular flexibility index (Phi) is 10.0. The summed E-state index contributed by atoms with van der Waals surface area (Å²) in [5.41, 5.74) is 3.27. The Hall–Kier alpha value is -2.58. The van der Waals surface area contributed by atoms with Crippen molar-refractivity contribution in [2.24, 2.45) is 0 Å². The number of amides is 2. The highest BCUT2D eigenvalue weighted by Crippen LogP contribution is 2.24. The topological polar surface area (TPSA) is 86.8 Å². The number of carbonyl (C=O) groups is 2. The van der Waals surface area contributed by atoms with Crippen LogP contribution in [-0.4, -0.2) is 50.0 Å². The van der Waals surface area contributed by atoms with Gasteiger partial charge in [0.05, 0.1) is 11.9 Å². The van der Waals surface area contributed by atoms with Crippen molar-refractivity contribution in [3.8, 4) is 0 Å². The van der Waals surface area contributed by atoms with E-state index < -0.39 is 16.1 Å². The summed E-state index contributed by atoms with van der Waals surface area (Å²) < 4.78 is 26.5. The smallest absolute Gasteiger partial charge is 0.242 e. The van der Waals surface area contributed by atoms with Crippen molar-refractivity contribution in [1.82, 2.24) is 10.2 Å². The van der Waals surface area contributed by atoms with Crippen molar-refractivity contribution in [2.75, 3.05) is 17.1 Å². The minimum absolute atomic E-state index is 0.0995. The summed E-state index contributed by atoms with van der Waals surface area (Å²) in [5, 5.41) is 3.62. The van der Waals surface area contributed by atoms with Crippen LogP contribution >= 0.6 is 11.6 Å². The number of anilines is 1. The summed E-state index contributed by atoms with van der Waals surface area (Å²) in [7, 11) is -3.54. The van der Waals surface area contributed by atoms with E-state index in [1.165, 1.54) is 10.6 Å². The van der Waals surface area contributed by atoms with E-state index in [2.05, 4.69) is 5.32 Å². The van der Waals surface area contributed by atoms with Crippen LogP contribution < -0.4 is 9.62 Å². The zero-order chi connectivity index (χ0) is 27.2. The van der Waals surface area contributed by atoms with Gasteiger partial charge >= 0.3 is 0 Å². The molecular weight excluding hydrogens is 510 g/mol. The predicted molar refractivity (Wildman–Crippen MR) is 149 cm³/mol. The summed E-state index contributed by atoms with van der Waals surface area (Å²) in [6.45, 7) is 5.94.